The van der Waals surface area contributed by atoms with Crippen LogP contribution in [0.4, 0.5) is 17.6 Å². The Kier molecular flexibility index (Phi) is 4.98. The molecule has 0 saturated carbocycles. The lowest BCUT2D eigenvalue weighted by Gasteiger charge is -2.15. The number of hydrogen-bond donors (Lipinski definition) is 1. The number of fused-ring (bicyclic) bond motifs is 2. The van der Waals surface area contributed by atoms with Gasteiger partial charge in [-0.15, -0.1) is 10.2 Å². The molecule has 160 valence electrons. The largest absolute Gasteiger partial charge is 0.435 e. The highest BCUT2D eigenvalue weighted by Crippen LogP contribution is 2.35. The summed E-state index contributed by atoms with van der Waals surface area (Å²) in [5.41, 5.74) is 3.01. The predicted molar refractivity (Wildman–Crippen MR) is 115 cm³/mol. The lowest BCUT2D eigenvalue weighted by Crippen LogP contribution is -2.11. The van der Waals surface area contributed by atoms with Crippen LogP contribution < -0.4 is 5.32 Å². The minimum atomic E-state index is -4.53. The van der Waals surface area contributed by atoms with E-state index in [0.717, 1.165) is 28.2 Å². The van der Waals surface area contributed by atoms with Crippen molar-refractivity contribution in [1.82, 2.24) is 15.5 Å². The number of hydrogen-bond acceptors (Lipinski definition) is 3. The van der Waals surface area contributed by atoms with Gasteiger partial charge in [-0.25, -0.2) is 4.39 Å². The highest BCUT2D eigenvalue weighted by atomic mass is 19.4. The van der Waals surface area contributed by atoms with Crippen LogP contribution in [-0.2, 0) is 12.7 Å². The van der Waals surface area contributed by atoms with Crippen LogP contribution in [0.1, 0.15) is 22.4 Å². The third-order valence-corrected chi connectivity index (χ3v) is 5.57. The molecule has 5 rings (SSSR count). The van der Waals surface area contributed by atoms with Crippen LogP contribution in [0, 0.1) is 5.82 Å². The Labute approximate surface area is 181 Å². The quantitative estimate of drug-likeness (QED) is 0.393. The maximum atomic E-state index is 15.4. The smallest absolute Gasteiger partial charge is 0.309 e. The molecule has 2 heterocycles. The second-order valence-corrected chi connectivity index (χ2v) is 7.57. The summed E-state index contributed by atoms with van der Waals surface area (Å²) in [5.74, 6) is -0.278. The molecule has 1 aromatic heterocycles. The van der Waals surface area contributed by atoms with E-state index in [1.165, 1.54) is 6.07 Å². The molecule has 0 aliphatic carbocycles. The minimum Gasteiger partial charge on any atom is -0.309 e. The van der Waals surface area contributed by atoms with Gasteiger partial charge >= 0.3 is 6.18 Å². The number of nitrogens with one attached hydrogen (secondary N) is 1. The molecule has 3 aromatic carbocycles. The van der Waals surface area contributed by atoms with E-state index in [1.807, 2.05) is 42.5 Å². The van der Waals surface area contributed by atoms with Crippen LogP contribution in [0.5, 0.6) is 0 Å². The van der Waals surface area contributed by atoms with Crippen LogP contribution in [-0.4, -0.2) is 16.7 Å². The summed E-state index contributed by atoms with van der Waals surface area (Å²) in [7, 11) is 0. The van der Waals surface area contributed by atoms with Gasteiger partial charge in [0.25, 0.3) is 0 Å². The fraction of sp³-hybridized carbons (Fsp3) is 0.120. The molecule has 32 heavy (non-hydrogen) atoms. The minimum absolute atomic E-state index is 0.278. The van der Waals surface area contributed by atoms with E-state index in [1.54, 1.807) is 18.2 Å². The molecular weight excluding hydrogens is 418 g/mol. The Morgan fingerprint density at radius 2 is 1.66 bits per heavy atom. The summed E-state index contributed by atoms with van der Waals surface area (Å²) in [5, 5.41) is 11.7. The molecule has 7 heteroatoms. The summed E-state index contributed by atoms with van der Waals surface area (Å²) in [6.07, 6.45) is -2.58. The Balaban J connectivity index is 1.56. The van der Waals surface area contributed by atoms with Crippen molar-refractivity contribution in [2.24, 2.45) is 0 Å². The van der Waals surface area contributed by atoms with Crippen LogP contribution in [0.3, 0.4) is 0 Å². The molecule has 0 unspecified atom stereocenters. The highest BCUT2D eigenvalue weighted by Gasteiger charge is 2.33. The van der Waals surface area contributed by atoms with E-state index in [0.29, 0.717) is 35.3 Å². The Bertz CT molecular complexity index is 1340. The average molecular weight is 435 g/mol. The fourth-order valence-corrected chi connectivity index (χ4v) is 3.99. The topological polar surface area (TPSA) is 37.8 Å². The Morgan fingerprint density at radius 3 is 2.44 bits per heavy atom. The molecule has 1 aliphatic rings. The van der Waals surface area contributed by atoms with Gasteiger partial charge in [-0.05, 0) is 40.3 Å². The molecule has 0 radical (unpaired) electrons. The van der Waals surface area contributed by atoms with Crippen molar-refractivity contribution in [3.63, 3.8) is 0 Å². The first-order valence-corrected chi connectivity index (χ1v) is 10.0. The number of rotatable bonds is 2. The number of nitrogens with zero attached hydrogens (tertiary/aromatic N) is 2. The van der Waals surface area contributed by atoms with Crippen molar-refractivity contribution in [2.75, 3.05) is 6.54 Å². The summed E-state index contributed by atoms with van der Waals surface area (Å²) in [4.78, 5) is 0. The van der Waals surface area contributed by atoms with Gasteiger partial charge in [0.15, 0.2) is 5.69 Å². The second kappa shape index (κ2) is 7.84. The maximum absolute atomic E-state index is 15.4. The van der Waals surface area contributed by atoms with Crippen LogP contribution >= 0.6 is 0 Å². The normalized spacial score (nSPS) is 14.1. The summed E-state index contributed by atoms with van der Waals surface area (Å²) in [6.45, 7) is 1.10. The Hall–Kier alpha value is -3.58. The first-order valence-electron chi connectivity index (χ1n) is 10.0. The highest BCUT2D eigenvalue weighted by molar-refractivity contribution is 5.91. The zero-order chi connectivity index (χ0) is 22.3. The molecule has 0 saturated heterocycles. The van der Waals surface area contributed by atoms with Gasteiger partial charge in [-0.1, -0.05) is 54.6 Å². The SMILES string of the molecule is Fc1c(C2=CCNCc3cc(-c4ccc(C(F)(F)F)nn4)ccc32)ccc2ccccc12. The van der Waals surface area contributed by atoms with E-state index in [4.69, 9.17) is 0 Å². The molecule has 0 bridgehead atoms. The summed E-state index contributed by atoms with van der Waals surface area (Å²) < 4.78 is 53.7. The lowest BCUT2D eigenvalue weighted by molar-refractivity contribution is -0.141. The van der Waals surface area contributed by atoms with Gasteiger partial charge in [0.2, 0.25) is 0 Å². The maximum Gasteiger partial charge on any atom is 0.435 e. The van der Waals surface area contributed by atoms with Crippen LogP contribution in [0.2, 0.25) is 0 Å². The van der Waals surface area contributed by atoms with Crippen molar-refractivity contribution in [2.45, 2.75) is 12.7 Å². The zero-order valence-corrected chi connectivity index (χ0v) is 16.7. The van der Waals surface area contributed by atoms with E-state index < -0.39 is 11.9 Å². The average Bonchev–Trinajstić information content (AvgIpc) is 3.01. The zero-order valence-electron chi connectivity index (χ0n) is 16.7. The van der Waals surface area contributed by atoms with Gasteiger partial charge in [0, 0.05) is 29.6 Å². The van der Waals surface area contributed by atoms with Crippen molar-refractivity contribution in [1.29, 1.82) is 0 Å². The Morgan fingerprint density at radius 1 is 0.844 bits per heavy atom. The van der Waals surface area contributed by atoms with Crippen LogP contribution in [0.25, 0.3) is 27.6 Å². The van der Waals surface area contributed by atoms with Crippen molar-refractivity contribution >= 4 is 16.3 Å². The lowest BCUT2D eigenvalue weighted by atomic mass is 9.91. The van der Waals surface area contributed by atoms with Crippen molar-refractivity contribution in [3.8, 4) is 11.3 Å². The van der Waals surface area contributed by atoms with Crippen LogP contribution in [0.15, 0.2) is 72.8 Å². The van der Waals surface area contributed by atoms with Gasteiger partial charge in [0.05, 0.1) is 5.69 Å². The van der Waals surface area contributed by atoms with E-state index in [9.17, 15) is 13.2 Å². The molecule has 0 atom stereocenters. The number of benzene rings is 3. The van der Waals surface area contributed by atoms with Gasteiger partial charge in [-0.3, -0.25) is 0 Å². The molecule has 1 aliphatic heterocycles. The van der Waals surface area contributed by atoms with Gasteiger partial charge in [-0.2, -0.15) is 13.2 Å². The van der Waals surface area contributed by atoms with Crippen molar-refractivity contribution < 1.29 is 17.6 Å². The molecular formula is C25H17F4N3. The standard InChI is InChI=1S/C25H17F4N3/c26-24-19-4-2-1-3-15(19)5-8-21(24)20-11-12-30-14-17-13-16(6-7-18(17)20)22-9-10-23(32-31-22)25(27,28)29/h1-11,13,30H,12,14H2. The molecule has 3 nitrogen and oxygen atoms in total. The third-order valence-electron chi connectivity index (χ3n) is 5.57. The number of halogens is 4. The molecule has 1 N–H and O–H groups in total. The third kappa shape index (κ3) is 3.65. The summed E-state index contributed by atoms with van der Waals surface area (Å²) >= 11 is 0. The molecule has 0 fully saturated rings. The first-order chi connectivity index (χ1) is 15.4. The second-order valence-electron chi connectivity index (χ2n) is 7.57. The number of alkyl halides is 3. The molecule has 0 spiro atoms. The first kappa shape index (κ1) is 20.3. The van der Waals surface area contributed by atoms with Gasteiger partial charge in [0.1, 0.15) is 5.82 Å². The van der Waals surface area contributed by atoms with E-state index in [2.05, 4.69) is 15.5 Å². The predicted octanol–water partition coefficient (Wildman–Crippen LogP) is 5.99. The fourth-order valence-electron chi connectivity index (χ4n) is 3.99. The van der Waals surface area contributed by atoms with Gasteiger partial charge < -0.3 is 5.32 Å². The summed E-state index contributed by atoms with van der Waals surface area (Å²) in [6, 6.07) is 18.7. The monoisotopic (exact) mass is 435 g/mol. The van der Waals surface area contributed by atoms with E-state index in [-0.39, 0.29) is 5.82 Å². The number of aromatic nitrogens is 2. The van der Waals surface area contributed by atoms with Crippen molar-refractivity contribution in [3.05, 3.63) is 101 Å². The molecule has 0 amide bonds. The van der Waals surface area contributed by atoms with E-state index >= 15 is 4.39 Å². The molecule has 4 aromatic rings.